The Kier molecular flexibility index (Phi) is 7.48. The van der Waals surface area contributed by atoms with Gasteiger partial charge in [-0.1, -0.05) is 48.0 Å². The van der Waals surface area contributed by atoms with Crippen LogP contribution in [0.15, 0.2) is 93.9 Å². The van der Waals surface area contributed by atoms with Crippen LogP contribution in [0.5, 0.6) is 5.75 Å². The molecule has 37 heavy (non-hydrogen) atoms. The lowest BCUT2D eigenvalue weighted by Gasteiger charge is -2.26. The van der Waals surface area contributed by atoms with Gasteiger partial charge in [-0.3, -0.25) is 4.79 Å². The van der Waals surface area contributed by atoms with E-state index in [1.165, 1.54) is 31.4 Å². The van der Waals surface area contributed by atoms with Gasteiger partial charge in [0.2, 0.25) is 5.96 Å². The van der Waals surface area contributed by atoms with Crippen LogP contribution >= 0.6 is 11.6 Å². The molecule has 0 spiro atoms. The molecule has 192 valence electrons. The number of hydrogen-bond acceptors (Lipinski definition) is 7. The lowest BCUT2D eigenvalue weighted by molar-refractivity contribution is -0.135. The summed E-state index contributed by atoms with van der Waals surface area (Å²) in [7, 11) is -2.70. The lowest BCUT2D eigenvalue weighted by atomic mass is 9.86. The van der Waals surface area contributed by atoms with Crippen molar-refractivity contribution < 1.29 is 28.2 Å². The Morgan fingerprint density at radius 1 is 1.14 bits per heavy atom. The molecule has 12 heteroatoms. The zero-order valence-electron chi connectivity index (χ0n) is 19.6. The summed E-state index contributed by atoms with van der Waals surface area (Å²) in [6, 6.07) is 21.1. The van der Waals surface area contributed by atoms with Gasteiger partial charge in [0.25, 0.3) is 10.0 Å². The molecule has 1 heterocycles. The van der Waals surface area contributed by atoms with Crippen molar-refractivity contribution in [3.8, 4) is 5.75 Å². The Labute approximate surface area is 218 Å². The number of ether oxygens (including phenoxy) is 1. The molecule has 1 aliphatic heterocycles. The second kappa shape index (κ2) is 10.6. The summed E-state index contributed by atoms with van der Waals surface area (Å²) in [6.07, 6.45) is 0. The second-order valence-electron chi connectivity index (χ2n) is 8.06. The maximum atomic E-state index is 13.1. The first-order valence-electron chi connectivity index (χ1n) is 11.0. The van der Waals surface area contributed by atoms with Crippen LogP contribution in [-0.4, -0.2) is 61.5 Å². The fraction of sp³-hybridized carbons (Fsp3) is 0.160. The molecular formula is C25H23ClN4O6S. The van der Waals surface area contributed by atoms with Gasteiger partial charge in [-0.2, -0.15) is 5.10 Å². The second-order valence-corrected chi connectivity index (χ2v) is 10.2. The summed E-state index contributed by atoms with van der Waals surface area (Å²) in [5.41, 5.74) is -0.417. The van der Waals surface area contributed by atoms with Crippen molar-refractivity contribution >= 4 is 39.3 Å². The first-order valence-corrected chi connectivity index (χ1v) is 12.8. The Hall–Kier alpha value is -3.93. The normalized spacial score (nSPS) is 17.9. The summed E-state index contributed by atoms with van der Waals surface area (Å²) in [6.45, 7) is -0.976. The summed E-state index contributed by atoms with van der Waals surface area (Å²) >= 11 is 5.96. The lowest BCUT2D eigenvalue weighted by Crippen LogP contribution is -2.45. The largest absolute Gasteiger partial charge is 0.497 e. The first kappa shape index (κ1) is 26.1. The van der Waals surface area contributed by atoms with Crippen LogP contribution in [0, 0.1) is 0 Å². The number of carboxylic acid groups (broad SMARTS) is 1. The van der Waals surface area contributed by atoms with Crippen molar-refractivity contribution in [2.24, 2.45) is 10.1 Å². The van der Waals surface area contributed by atoms with E-state index in [0.29, 0.717) is 16.9 Å². The molecule has 0 saturated carbocycles. The number of guanidine groups is 1. The van der Waals surface area contributed by atoms with E-state index in [9.17, 15) is 23.4 Å². The van der Waals surface area contributed by atoms with E-state index in [1.807, 2.05) is 0 Å². The minimum Gasteiger partial charge on any atom is -0.497 e. The highest BCUT2D eigenvalue weighted by molar-refractivity contribution is 7.90. The Balaban J connectivity index is 1.79. The predicted octanol–water partition coefficient (Wildman–Crippen LogP) is 2.68. The number of halogens is 1. The van der Waals surface area contributed by atoms with E-state index in [0.717, 1.165) is 5.01 Å². The van der Waals surface area contributed by atoms with E-state index in [-0.39, 0.29) is 28.1 Å². The number of rotatable bonds is 7. The Morgan fingerprint density at radius 3 is 2.46 bits per heavy atom. The molecular weight excluding hydrogens is 520 g/mol. The number of nitrogens with one attached hydrogen (secondary N) is 1. The van der Waals surface area contributed by atoms with Crippen LogP contribution in [0.1, 0.15) is 11.1 Å². The van der Waals surface area contributed by atoms with Crippen LogP contribution in [0.2, 0.25) is 5.02 Å². The van der Waals surface area contributed by atoms with Gasteiger partial charge in [-0.25, -0.2) is 23.1 Å². The summed E-state index contributed by atoms with van der Waals surface area (Å²) in [5.74, 6) is -1.06. The standard InChI is InChI=1S/C25H23ClN4O6S/c1-36-20-12-10-17(11-13-20)23-25(33,18-6-3-2-4-7-18)16-30(28-23)24(27-15-22(31)32)29-37(34,35)21-9-5-8-19(26)14-21/h2-14,33H,15-16H2,1H3,(H,27,29)(H,31,32). The highest BCUT2D eigenvalue weighted by Gasteiger charge is 2.45. The van der Waals surface area contributed by atoms with Crippen molar-refractivity contribution in [2.75, 3.05) is 20.2 Å². The third kappa shape index (κ3) is 5.74. The summed E-state index contributed by atoms with van der Waals surface area (Å²) in [5, 5.41) is 26.9. The monoisotopic (exact) mass is 542 g/mol. The number of methoxy groups -OCH3 is 1. The Bertz CT molecular complexity index is 1460. The molecule has 1 aliphatic rings. The molecule has 3 N–H and O–H groups in total. The predicted molar refractivity (Wildman–Crippen MR) is 138 cm³/mol. The smallest absolute Gasteiger partial charge is 0.325 e. The number of aliphatic imine (C=N–C) groups is 1. The van der Waals surface area contributed by atoms with Gasteiger partial charge < -0.3 is 14.9 Å². The Morgan fingerprint density at radius 2 is 1.84 bits per heavy atom. The van der Waals surface area contributed by atoms with Crippen LogP contribution < -0.4 is 9.46 Å². The number of carboxylic acids is 1. The number of aliphatic hydroxyl groups is 1. The SMILES string of the molecule is COc1ccc(C2=NN(C(=NCC(=O)O)NS(=O)(=O)c3cccc(Cl)c3)CC2(O)c2ccccc2)cc1. The van der Waals surface area contributed by atoms with Crippen LogP contribution in [0.25, 0.3) is 0 Å². The van der Waals surface area contributed by atoms with Gasteiger partial charge in [0.05, 0.1) is 18.6 Å². The molecule has 0 saturated heterocycles. The zero-order chi connectivity index (χ0) is 26.6. The van der Waals surface area contributed by atoms with E-state index >= 15 is 0 Å². The molecule has 3 aromatic rings. The number of β-amino-alcohol motifs (C(OH)–C–C–N with tert-alkyl or cyclic N) is 1. The number of hydrazone groups is 1. The average molecular weight is 543 g/mol. The summed E-state index contributed by atoms with van der Waals surface area (Å²) in [4.78, 5) is 15.1. The number of carbonyl (C=O) groups is 1. The minimum absolute atomic E-state index is 0.153. The van der Waals surface area contributed by atoms with Gasteiger partial charge in [-0.15, -0.1) is 0 Å². The van der Waals surface area contributed by atoms with E-state index < -0.39 is 28.1 Å². The van der Waals surface area contributed by atoms with Crippen LogP contribution in [-0.2, 0) is 20.4 Å². The van der Waals surface area contributed by atoms with Crippen LogP contribution in [0.4, 0.5) is 0 Å². The maximum absolute atomic E-state index is 13.1. The van der Waals surface area contributed by atoms with Crippen LogP contribution in [0.3, 0.4) is 0 Å². The molecule has 1 atom stereocenters. The van der Waals surface area contributed by atoms with E-state index in [2.05, 4.69) is 14.8 Å². The van der Waals surface area contributed by atoms with E-state index in [1.54, 1.807) is 54.6 Å². The number of hydrogen-bond donors (Lipinski definition) is 3. The minimum atomic E-state index is -4.23. The highest BCUT2D eigenvalue weighted by Crippen LogP contribution is 2.33. The first-order chi connectivity index (χ1) is 17.6. The topological polar surface area (TPSA) is 141 Å². The van der Waals surface area contributed by atoms with Gasteiger partial charge in [0.1, 0.15) is 18.0 Å². The molecule has 0 radical (unpaired) electrons. The van der Waals surface area contributed by atoms with Crippen molar-refractivity contribution in [3.63, 3.8) is 0 Å². The number of aliphatic carboxylic acids is 1. The fourth-order valence-corrected chi connectivity index (χ4v) is 5.09. The van der Waals surface area contributed by atoms with E-state index in [4.69, 9.17) is 16.3 Å². The molecule has 1 unspecified atom stereocenters. The highest BCUT2D eigenvalue weighted by atomic mass is 35.5. The molecule has 0 aliphatic carbocycles. The van der Waals surface area contributed by atoms with Crippen molar-refractivity contribution in [2.45, 2.75) is 10.5 Å². The maximum Gasteiger partial charge on any atom is 0.325 e. The number of sulfonamides is 1. The zero-order valence-corrected chi connectivity index (χ0v) is 21.1. The third-order valence-electron chi connectivity index (χ3n) is 5.55. The number of nitrogens with zero attached hydrogens (tertiary/aromatic N) is 3. The summed E-state index contributed by atoms with van der Waals surface area (Å²) < 4.78 is 33.7. The average Bonchev–Trinajstić information content (AvgIpc) is 3.25. The van der Waals surface area contributed by atoms with Gasteiger partial charge in [0.15, 0.2) is 5.60 Å². The molecule has 0 bridgehead atoms. The van der Waals surface area contributed by atoms with Crippen molar-refractivity contribution in [1.29, 1.82) is 0 Å². The van der Waals surface area contributed by atoms with Gasteiger partial charge >= 0.3 is 5.97 Å². The molecule has 0 amide bonds. The molecule has 10 nitrogen and oxygen atoms in total. The van der Waals surface area contributed by atoms with Crippen molar-refractivity contribution in [3.05, 3.63) is 95.0 Å². The van der Waals surface area contributed by atoms with Gasteiger partial charge in [-0.05, 0) is 48.0 Å². The van der Waals surface area contributed by atoms with Gasteiger partial charge in [0, 0.05) is 10.6 Å². The molecule has 4 rings (SSSR count). The quantitative estimate of drug-likeness (QED) is 0.308. The third-order valence-corrected chi connectivity index (χ3v) is 7.11. The fourth-order valence-electron chi connectivity index (χ4n) is 3.76. The molecule has 0 fully saturated rings. The van der Waals surface area contributed by atoms with Crippen molar-refractivity contribution in [1.82, 2.24) is 9.73 Å². The molecule has 3 aromatic carbocycles. The molecule has 0 aromatic heterocycles. The number of benzene rings is 3.